The SMILES string of the molecule is O=C(NC(CO)Cc1nc(-c2ccc(OC(F)(F)F)cc2)no1)c1cccc(Cl)c1. The molecule has 158 valence electrons. The normalized spacial score (nSPS) is 12.4. The van der Waals surface area contributed by atoms with Crippen molar-refractivity contribution in [1.82, 2.24) is 15.5 Å². The first-order chi connectivity index (χ1) is 14.2. The summed E-state index contributed by atoms with van der Waals surface area (Å²) in [7, 11) is 0. The second-order valence-corrected chi connectivity index (χ2v) is 6.59. The highest BCUT2D eigenvalue weighted by atomic mass is 35.5. The van der Waals surface area contributed by atoms with E-state index in [0.29, 0.717) is 16.1 Å². The van der Waals surface area contributed by atoms with Crippen LogP contribution in [0.4, 0.5) is 13.2 Å². The van der Waals surface area contributed by atoms with E-state index in [4.69, 9.17) is 16.1 Å². The molecule has 0 saturated carbocycles. The Labute approximate surface area is 173 Å². The molecule has 0 fully saturated rings. The van der Waals surface area contributed by atoms with Crippen molar-refractivity contribution in [3.8, 4) is 17.1 Å². The Morgan fingerprint density at radius 2 is 1.97 bits per heavy atom. The van der Waals surface area contributed by atoms with Crippen LogP contribution in [0.25, 0.3) is 11.4 Å². The predicted molar refractivity (Wildman–Crippen MR) is 99.9 cm³/mol. The Morgan fingerprint density at radius 1 is 1.23 bits per heavy atom. The molecule has 1 aromatic heterocycles. The average molecular weight is 442 g/mol. The van der Waals surface area contributed by atoms with Crippen molar-refractivity contribution in [3.63, 3.8) is 0 Å². The predicted octanol–water partition coefficient (Wildman–Crippen LogP) is 3.62. The summed E-state index contributed by atoms with van der Waals surface area (Å²) in [5.74, 6) is -0.539. The maximum Gasteiger partial charge on any atom is 0.573 e. The number of halogens is 4. The van der Waals surface area contributed by atoms with Gasteiger partial charge in [-0.1, -0.05) is 22.8 Å². The van der Waals surface area contributed by atoms with E-state index in [9.17, 15) is 23.1 Å². The number of aliphatic hydroxyl groups excluding tert-OH is 1. The molecule has 1 atom stereocenters. The first-order valence-corrected chi connectivity index (χ1v) is 8.97. The van der Waals surface area contributed by atoms with Crippen molar-refractivity contribution < 1.29 is 32.3 Å². The number of benzene rings is 2. The van der Waals surface area contributed by atoms with Crippen molar-refractivity contribution in [3.05, 3.63) is 65.0 Å². The number of nitrogens with zero attached hydrogens (tertiary/aromatic N) is 2. The van der Waals surface area contributed by atoms with Crippen molar-refractivity contribution in [2.24, 2.45) is 0 Å². The zero-order valence-corrected chi connectivity index (χ0v) is 15.9. The third kappa shape index (κ3) is 5.94. The van der Waals surface area contributed by atoms with Gasteiger partial charge >= 0.3 is 6.36 Å². The van der Waals surface area contributed by atoms with Gasteiger partial charge in [0.1, 0.15) is 5.75 Å². The summed E-state index contributed by atoms with van der Waals surface area (Å²) in [5, 5.41) is 16.4. The van der Waals surface area contributed by atoms with E-state index in [0.717, 1.165) is 12.1 Å². The second kappa shape index (κ2) is 9.14. The number of hydrogen-bond acceptors (Lipinski definition) is 6. The number of rotatable bonds is 7. The van der Waals surface area contributed by atoms with E-state index < -0.39 is 18.3 Å². The van der Waals surface area contributed by atoms with Gasteiger partial charge in [0.05, 0.1) is 12.6 Å². The second-order valence-electron chi connectivity index (χ2n) is 6.15. The van der Waals surface area contributed by atoms with Gasteiger partial charge in [-0.2, -0.15) is 4.98 Å². The molecule has 0 bridgehead atoms. The van der Waals surface area contributed by atoms with Crippen molar-refractivity contribution >= 4 is 17.5 Å². The Balaban J connectivity index is 1.64. The summed E-state index contributed by atoms with van der Waals surface area (Å²) in [6.45, 7) is -0.381. The van der Waals surface area contributed by atoms with Gasteiger partial charge < -0.3 is 19.7 Å². The molecule has 3 rings (SSSR count). The monoisotopic (exact) mass is 441 g/mol. The minimum atomic E-state index is -4.78. The van der Waals surface area contributed by atoms with Crippen LogP contribution in [-0.4, -0.2) is 40.2 Å². The number of amides is 1. The maximum absolute atomic E-state index is 12.3. The molecule has 0 aliphatic heterocycles. The first-order valence-electron chi connectivity index (χ1n) is 8.59. The number of nitrogens with one attached hydrogen (secondary N) is 1. The summed E-state index contributed by atoms with van der Waals surface area (Å²) >= 11 is 5.87. The first kappa shape index (κ1) is 21.6. The van der Waals surface area contributed by atoms with E-state index in [1.165, 1.54) is 18.2 Å². The fraction of sp³-hybridized carbons (Fsp3) is 0.211. The molecule has 0 saturated heterocycles. The molecule has 1 heterocycles. The van der Waals surface area contributed by atoms with E-state index in [2.05, 4.69) is 20.2 Å². The number of aliphatic hydroxyl groups is 1. The van der Waals surface area contributed by atoms with Gasteiger partial charge in [-0.05, 0) is 42.5 Å². The number of ether oxygens (including phenoxy) is 1. The molecular weight excluding hydrogens is 427 g/mol. The zero-order valence-electron chi connectivity index (χ0n) is 15.2. The Morgan fingerprint density at radius 3 is 2.60 bits per heavy atom. The smallest absolute Gasteiger partial charge is 0.406 e. The van der Waals surface area contributed by atoms with E-state index in [1.807, 2.05) is 0 Å². The highest BCUT2D eigenvalue weighted by molar-refractivity contribution is 6.30. The summed E-state index contributed by atoms with van der Waals surface area (Å²) in [6.07, 6.45) is -4.74. The fourth-order valence-corrected chi connectivity index (χ4v) is 2.72. The third-order valence-electron chi connectivity index (χ3n) is 3.88. The lowest BCUT2D eigenvalue weighted by molar-refractivity contribution is -0.274. The summed E-state index contributed by atoms with van der Waals surface area (Å²) in [5.41, 5.74) is 0.733. The number of carbonyl (C=O) groups is 1. The molecular formula is C19H15ClF3N3O4. The standard InChI is InChI=1S/C19H15ClF3N3O4/c20-13-3-1-2-12(8-13)18(28)24-14(10-27)9-16-25-17(26-30-16)11-4-6-15(7-5-11)29-19(21,22)23/h1-8,14,27H,9-10H2,(H,24,28). The summed E-state index contributed by atoms with van der Waals surface area (Å²) in [6, 6.07) is 10.6. The van der Waals surface area contributed by atoms with E-state index in [-0.39, 0.29) is 30.5 Å². The minimum absolute atomic E-state index is 0.0467. The molecule has 1 unspecified atom stereocenters. The van der Waals surface area contributed by atoms with Gasteiger partial charge in [0.25, 0.3) is 5.91 Å². The molecule has 3 aromatic rings. The van der Waals surface area contributed by atoms with Gasteiger partial charge in [-0.15, -0.1) is 13.2 Å². The van der Waals surface area contributed by atoms with Crippen LogP contribution >= 0.6 is 11.6 Å². The van der Waals surface area contributed by atoms with Crippen LogP contribution in [0.1, 0.15) is 16.2 Å². The Bertz CT molecular complexity index is 1010. The molecule has 11 heteroatoms. The van der Waals surface area contributed by atoms with Crippen LogP contribution in [0, 0.1) is 0 Å². The Kier molecular flexibility index (Phi) is 6.58. The molecule has 30 heavy (non-hydrogen) atoms. The van der Waals surface area contributed by atoms with Gasteiger partial charge in [-0.3, -0.25) is 4.79 Å². The molecule has 0 aliphatic carbocycles. The average Bonchev–Trinajstić information content (AvgIpc) is 3.15. The quantitative estimate of drug-likeness (QED) is 0.581. The number of carbonyl (C=O) groups excluding carboxylic acids is 1. The lowest BCUT2D eigenvalue weighted by Gasteiger charge is -2.14. The van der Waals surface area contributed by atoms with Crippen LogP contribution in [-0.2, 0) is 6.42 Å². The summed E-state index contributed by atoms with van der Waals surface area (Å²) in [4.78, 5) is 16.4. The molecule has 0 aliphatic rings. The van der Waals surface area contributed by atoms with Gasteiger partial charge in [-0.25, -0.2) is 0 Å². The number of alkyl halides is 3. The van der Waals surface area contributed by atoms with E-state index >= 15 is 0 Å². The maximum atomic E-state index is 12.3. The number of aromatic nitrogens is 2. The van der Waals surface area contributed by atoms with E-state index in [1.54, 1.807) is 18.2 Å². The topological polar surface area (TPSA) is 97.5 Å². The highest BCUT2D eigenvalue weighted by Gasteiger charge is 2.31. The van der Waals surface area contributed by atoms with Crippen LogP contribution in [0.2, 0.25) is 5.02 Å². The van der Waals surface area contributed by atoms with Crippen molar-refractivity contribution in [1.29, 1.82) is 0 Å². The molecule has 2 N–H and O–H groups in total. The van der Waals surface area contributed by atoms with Crippen molar-refractivity contribution in [2.45, 2.75) is 18.8 Å². The van der Waals surface area contributed by atoms with Crippen LogP contribution in [0.5, 0.6) is 5.75 Å². The molecule has 1 amide bonds. The fourth-order valence-electron chi connectivity index (χ4n) is 2.53. The lowest BCUT2D eigenvalue weighted by atomic mass is 10.1. The highest BCUT2D eigenvalue weighted by Crippen LogP contribution is 2.25. The third-order valence-corrected chi connectivity index (χ3v) is 4.11. The molecule has 0 radical (unpaired) electrons. The van der Waals surface area contributed by atoms with Crippen LogP contribution < -0.4 is 10.1 Å². The van der Waals surface area contributed by atoms with Crippen LogP contribution in [0.3, 0.4) is 0 Å². The number of hydrogen-bond donors (Lipinski definition) is 2. The summed E-state index contributed by atoms with van der Waals surface area (Å²) < 4.78 is 45.6. The Hall–Kier alpha value is -3.11. The van der Waals surface area contributed by atoms with Gasteiger partial charge in [0.2, 0.25) is 11.7 Å². The van der Waals surface area contributed by atoms with Gasteiger partial charge in [0, 0.05) is 22.6 Å². The molecule has 2 aromatic carbocycles. The van der Waals surface area contributed by atoms with Crippen LogP contribution in [0.15, 0.2) is 53.1 Å². The largest absolute Gasteiger partial charge is 0.573 e. The van der Waals surface area contributed by atoms with Gasteiger partial charge in [0.15, 0.2) is 0 Å². The molecule has 7 nitrogen and oxygen atoms in total. The van der Waals surface area contributed by atoms with Crippen molar-refractivity contribution in [2.75, 3.05) is 6.61 Å². The lowest BCUT2D eigenvalue weighted by Crippen LogP contribution is -2.39. The zero-order chi connectivity index (χ0) is 21.7. The molecule has 0 spiro atoms. The minimum Gasteiger partial charge on any atom is -0.406 e.